The number of fused-ring (bicyclic) bond motifs is 6. The van der Waals surface area contributed by atoms with E-state index in [4.69, 9.17) is 9.47 Å². The molecule has 146 valence electrons. The molecule has 6 bridgehead atoms. The normalized spacial score (nSPS) is 54.0. The predicted octanol–water partition coefficient (Wildman–Crippen LogP) is 1.56. The first kappa shape index (κ1) is 16.7. The van der Waals surface area contributed by atoms with Crippen molar-refractivity contribution in [3.05, 3.63) is 0 Å². The van der Waals surface area contributed by atoms with E-state index in [0.717, 1.165) is 37.7 Å². The van der Waals surface area contributed by atoms with Crippen molar-refractivity contribution in [1.29, 1.82) is 0 Å². The van der Waals surface area contributed by atoms with E-state index < -0.39 is 0 Å². The Balaban J connectivity index is 1.13. The smallest absolute Gasteiger partial charge is 0.0857 e. The van der Waals surface area contributed by atoms with Gasteiger partial charge in [0.25, 0.3) is 0 Å². The highest BCUT2D eigenvalue weighted by molar-refractivity contribution is 5.05. The van der Waals surface area contributed by atoms with E-state index in [9.17, 15) is 0 Å². The van der Waals surface area contributed by atoms with Crippen LogP contribution >= 0.6 is 0 Å². The first-order valence-corrected chi connectivity index (χ1v) is 11.2. The fourth-order valence-electron chi connectivity index (χ4n) is 7.33. The second-order valence-electron chi connectivity index (χ2n) is 10.0. The number of hydrogen-bond acceptors (Lipinski definition) is 5. The topological polar surface area (TPSA) is 28.2 Å². The van der Waals surface area contributed by atoms with Crippen LogP contribution in [0.2, 0.25) is 0 Å². The highest BCUT2D eigenvalue weighted by Crippen LogP contribution is 2.43. The van der Waals surface area contributed by atoms with Gasteiger partial charge in [0, 0.05) is 49.8 Å². The predicted molar refractivity (Wildman–Crippen MR) is 100 cm³/mol. The van der Waals surface area contributed by atoms with Crippen LogP contribution in [0.3, 0.4) is 0 Å². The average Bonchev–Trinajstić information content (AvgIpc) is 3.27. The quantitative estimate of drug-likeness (QED) is 0.758. The second-order valence-corrected chi connectivity index (χ2v) is 10.0. The van der Waals surface area contributed by atoms with Gasteiger partial charge in [0.15, 0.2) is 0 Å². The summed E-state index contributed by atoms with van der Waals surface area (Å²) in [5.74, 6) is 0.892. The maximum atomic E-state index is 6.41. The van der Waals surface area contributed by atoms with Gasteiger partial charge in [-0.1, -0.05) is 0 Å². The molecule has 0 aromatic carbocycles. The summed E-state index contributed by atoms with van der Waals surface area (Å²) in [5.41, 5.74) is 0. The number of piperidine rings is 1. The van der Waals surface area contributed by atoms with Gasteiger partial charge in [0.1, 0.15) is 0 Å². The van der Waals surface area contributed by atoms with Crippen molar-refractivity contribution >= 4 is 0 Å². The number of morpholine rings is 2. The first-order valence-electron chi connectivity index (χ1n) is 11.2. The van der Waals surface area contributed by atoms with E-state index >= 15 is 0 Å². The second kappa shape index (κ2) is 6.15. The summed E-state index contributed by atoms with van der Waals surface area (Å²) in [5, 5.41) is 0. The van der Waals surface area contributed by atoms with Crippen LogP contribution in [0.15, 0.2) is 0 Å². The third-order valence-electron chi connectivity index (χ3n) is 8.87. The highest BCUT2D eigenvalue weighted by atomic mass is 16.5. The van der Waals surface area contributed by atoms with Crippen LogP contribution in [-0.4, -0.2) is 96.5 Å². The zero-order valence-corrected chi connectivity index (χ0v) is 16.4. The van der Waals surface area contributed by atoms with Gasteiger partial charge in [0.05, 0.1) is 24.9 Å². The molecule has 6 aliphatic heterocycles. The minimum absolute atomic E-state index is 0.411. The van der Waals surface area contributed by atoms with Gasteiger partial charge in [-0.2, -0.15) is 0 Å². The maximum Gasteiger partial charge on any atom is 0.0857 e. The number of ether oxygens (including phenoxy) is 2. The molecule has 9 atom stereocenters. The van der Waals surface area contributed by atoms with Gasteiger partial charge in [-0.3, -0.25) is 9.80 Å². The molecule has 7 aliphatic rings. The van der Waals surface area contributed by atoms with E-state index in [1.165, 1.54) is 45.1 Å². The van der Waals surface area contributed by atoms with Crippen LogP contribution in [-0.2, 0) is 9.47 Å². The van der Waals surface area contributed by atoms with Crippen LogP contribution in [0, 0.1) is 5.92 Å². The largest absolute Gasteiger partial charge is 0.374 e. The molecule has 0 aromatic heterocycles. The monoisotopic (exact) mass is 361 g/mol. The Morgan fingerprint density at radius 1 is 0.923 bits per heavy atom. The Labute approximate surface area is 158 Å². The van der Waals surface area contributed by atoms with Crippen molar-refractivity contribution in [3.63, 3.8) is 0 Å². The summed E-state index contributed by atoms with van der Waals surface area (Å²) in [4.78, 5) is 8.24. The summed E-state index contributed by atoms with van der Waals surface area (Å²) in [6, 6.07) is 3.75. The summed E-state index contributed by atoms with van der Waals surface area (Å²) in [6.45, 7) is 6.79. The van der Waals surface area contributed by atoms with E-state index in [-0.39, 0.29) is 0 Å². The Hall–Kier alpha value is -0.200. The maximum absolute atomic E-state index is 6.41. The molecule has 0 spiro atoms. The van der Waals surface area contributed by atoms with E-state index in [2.05, 4.69) is 28.7 Å². The first-order chi connectivity index (χ1) is 12.7. The molecule has 7 rings (SSSR count). The van der Waals surface area contributed by atoms with Crippen molar-refractivity contribution in [2.24, 2.45) is 5.92 Å². The lowest BCUT2D eigenvalue weighted by Crippen LogP contribution is -2.64. The average molecular weight is 362 g/mol. The van der Waals surface area contributed by atoms with Gasteiger partial charge in [0.2, 0.25) is 0 Å². The Kier molecular flexibility index (Phi) is 3.96. The van der Waals surface area contributed by atoms with Crippen LogP contribution in [0.1, 0.15) is 45.4 Å². The molecular weight excluding hydrogens is 326 g/mol. The molecule has 0 aromatic rings. The highest BCUT2D eigenvalue weighted by Gasteiger charge is 2.51. The third-order valence-corrected chi connectivity index (χ3v) is 8.87. The zero-order chi connectivity index (χ0) is 17.4. The lowest BCUT2D eigenvalue weighted by Gasteiger charge is -2.56. The number of rotatable bonds is 4. The number of likely N-dealkylation sites (tertiary alicyclic amines) is 1. The Bertz CT molecular complexity index is 557. The van der Waals surface area contributed by atoms with Crippen molar-refractivity contribution in [2.45, 2.75) is 94.0 Å². The molecule has 7 fully saturated rings. The van der Waals surface area contributed by atoms with Gasteiger partial charge in [-0.05, 0) is 58.4 Å². The summed E-state index contributed by atoms with van der Waals surface area (Å²) >= 11 is 0. The minimum atomic E-state index is 0.411. The van der Waals surface area contributed by atoms with Crippen LogP contribution < -0.4 is 0 Å². The van der Waals surface area contributed by atoms with Gasteiger partial charge in [-0.25, -0.2) is 0 Å². The van der Waals surface area contributed by atoms with E-state index in [1.54, 1.807) is 0 Å². The van der Waals surface area contributed by atoms with Crippen molar-refractivity contribution in [1.82, 2.24) is 14.7 Å². The fourth-order valence-corrected chi connectivity index (χ4v) is 7.33. The molecule has 0 N–H and O–H groups in total. The van der Waals surface area contributed by atoms with Crippen LogP contribution in [0.5, 0.6) is 0 Å². The number of nitrogens with zero attached hydrogens (tertiary/aromatic N) is 3. The summed E-state index contributed by atoms with van der Waals surface area (Å²) < 4.78 is 12.4. The van der Waals surface area contributed by atoms with Gasteiger partial charge < -0.3 is 14.4 Å². The van der Waals surface area contributed by atoms with E-state index in [0.29, 0.717) is 36.4 Å². The van der Waals surface area contributed by atoms with Crippen LogP contribution in [0.4, 0.5) is 0 Å². The van der Waals surface area contributed by atoms with Gasteiger partial charge in [-0.15, -0.1) is 0 Å². The Morgan fingerprint density at radius 2 is 1.81 bits per heavy atom. The molecule has 6 heterocycles. The fraction of sp³-hybridized carbons (Fsp3) is 1.00. The molecular formula is C21H35N3O2. The SMILES string of the molecule is C[C@H]1OC2CC1N(CC1OCC3CCC1N3CC1CCC3CC1N3C)C2. The number of hydrogen-bond donors (Lipinski definition) is 0. The molecule has 8 unspecified atom stereocenters. The molecule has 1 saturated carbocycles. The summed E-state index contributed by atoms with van der Waals surface area (Å²) in [6.07, 6.45) is 9.57. The molecule has 1 aliphatic carbocycles. The molecule has 5 heteroatoms. The Morgan fingerprint density at radius 3 is 2.58 bits per heavy atom. The molecule has 0 radical (unpaired) electrons. The lowest BCUT2D eigenvalue weighted by atomic mass is 9.72. The standard InChI is InChI=1S/C21H35N3O2/c1-13-19-8-17(26-13)10-23(19)11-21-18-6-5-16(12-25-21)24(18)9-14-3-4-15-7-20(14)22(15)2/h13-21H,3-12H2,1-2H3/t13-,14?,15?,16?,17?,18?,19?,20?,21?/m1/s1. The van der Waals surface area contributed by atoms with Crippen LogP contribution in [0.25, 0.3) is 0 Å². The zero-order valence-electron chi connectivity index (χ0n) is 16.4. The molecule has 0 amide bonds. The molecule has 26 heavy (non-hydrogen) atoms. The molecule has 6 saturated heterocycles. The van der Waals surface area contributed by atoms with Crippen molar-refractivity contribution < 1.29 is 9.47 Å². The summed E-state index contributed by atoms with van der Waals surface area (Å²) in [7, 11) is 2.35. The lowest BCUT2D eigenvalue weighted by molar-refractivity contribution is -0.117. The van der Waals surface area contributed by atoms with Gasteiger partial charge >= 0.3 is 0 Å². The van der Waals surface area contributed by atoms with Crippen molar-refractivity contribution in [3.8, 4) is 0 Å². The third kappa shape index (κ3) is 2.47. The minimum Gasteiger partial charge on any atom is -0.374 e. The molecule has 5 nitrogen and oxygen atoms in total. The van der Waals surface area contributed by atoms with E-state index in [1.807, 2.05) is 0 Å². The van der Waals surface area contributed by atoms with Crippen molar-refractivity contribution in [2.75, 3.05) is 33.3 Å².